The second-order valence-electron chi connectivity index (χ2n) is 5.76. The summed E-state index contributed by atoms with van der Waals surface area (Å²) < 4.78 is 20.1. The first-order valence-corrected chi connectivity index (χ1v) is 9.24. The number of hydrogen-bond acceptors (Lipinski definition) is 4. The smallest absolute Gasteiger partial charge is 0.305 e. The first-order chi connectivity index (χ1) is 9.84. The zero-order valence-corrected chi connectivity index (χ0v) is 14.8. The quantitative estimate of drug-likeness (QED) is 0.741. The molecule has 0 aliphatic carbocycles. The van der Waals surface area contributed by atoms with Crippen LogP contribution < -0.4 is 4.72 Å². The molecule has 0 saturated heterocycles. The highest BCUT2D eigenvalue weighted by Crippen LogP contribution is 2.26. The Labute approximate surface area is 133 Å². The Morgan fingerprint density at radius 2 is 2.19 bits per heavy atom. The fraction of sp³-hybridized carbons (Fsp3) is 0.667. The summed E-state index contributed by atoms with van der Waals surface area (Å²) in [6.07, 6.45) is 1.89. The first-order valence-electron chi connectivity index (χ1n) is 7.21. The average molecular weight is 332 g/mol. The zero-order chi connectivity index (χ0) is 15.9. The monoisotopic (exact) mass is 331 g/mol. The molecule has 0 aromatic carbocycles. The highest BCUT2D eigenvalue weighted by molar-refractivity contribution is 7.84. The molecule has 1 rings (SSSR count). The fourth-order valence-electron chi connectivity index (χ4n) is 1.74. The van der Waals surface area contributed by atoms with Gasteiger partial charge in [0.15, 0.2) is 0 Å². The maximum atomic E-state index is 12.3. The normalized spacial score (nSPS) is 14.7. The van der Waals surface area contributed by atoms with E-state index in [0.29, 0.717) is 13.0 Å². The molecule has 0 amide bonds. The van der Waals surface area contributed by atoms with E-state index in [1.807, 2.05) is 38.3 Å². The summed E-state index contributed by atoms with van der Waals surface area (Å²) >= 11 is 1.64. The molecular weight excluding hydrogens is 306 g/mol. The molecule has 1 N–H and O–H groups in total. The molecule has 0 fully saturated rings. The minimum atomic E-state index is -1.13. The van der Waals surface area contributed by atoms with Gasteiger partial charge < -0.3 is 4.74 Å². The van der Waals surface area contributed by atoms with Crippen molar-refractivity contribution >= 4 is 28.3 Å². The van der Waals surface area contributed by atoms with Gasteiger partial charge in [0.05, 0.1) is 28.4 Å². The van der Waals surface area contributed by atoms with Crippen molar-refractivity contribution in [2.45, 2.75) is 57.7 Å². The third kappa shape index (κ3) is 6.72. The minimum absolute atomic E-state index is 0.0134. The van der Waals surface area contributed by atoms with Gasteiger partial charge in [-0.25, -0.2) is 8.93 Å². The second kappa shape index (κ2) is 8.66. The molecule has 0 aliphatic rings. The van der Waals surface area contributed by atoms with Crippen LogP contribution in [-0.2, 0) is 20.5 Å². The van der Waals surface area contributed by atoms with Gasteiger partial charge in [0.25, 0.3) is 0 Å². The summed E-state index contributed by atoms with van der Waals surface area (Å²) in [4.78, 5) is 12.5. The lowest BCUT2D eigenvalue weighted by Crippen LogP contribution is -2.35. The molecule has 0 unspecified atom stereocenters. The molecule has 21 heavy (non-hydrogen) atoms. The molecule has 1 aromatic rings. The molecule has 120 valence electrons. The molecule has 0 aliphatic heterocycles. The topological polar surface area (TPSA) is 55.4 Å². The van der Waals surface area contributed by atoms with Crippen molar-refractivity contribution in [3.63, 3.8) is 0 Å². The minimum Gasteiger partial charge on any atom is -0.466 e. The Balaban J connectivity index is 2.59. The van der Waals surface area contributed by atoms with Crippen molar-refractivity contribution in [1.29, 1.82) is 0 Å². The molecule has 0 saturated carbocycles. The molecule has 0 radical (unpaired) electrons. The van der Waals surface area contributed by atoms with E-state index in [4.69, 9.17) is 4.74 Å². The lowest BCUT2D eigenvalue weighted by Gasteiger charge is -2.23. The molecule has 1 aromatic heterocycles. The number of ether oxygens (including phenoxy) is 1. The molecule has 0 bridgehead atoms. The molecular formula is C15H25NO3S2. The van der Waals surface area contributed by atoms with Crippen LogP contribution in [-0.4, -0.2) is 21.5 Å². The Morgan fingerprint density at radius 3 is 2.71 bits per heavy atom. The Bertz CT molecular complexity index is 452. The van der Waals surface area contributed by atoms with E-state index in [0.717, 1.165) is 17.7 Å². The number of nitrogens with one attached hydrogen (secondary N) is 1. The predicted octanol–water partition coefficient (Wildman–Crippen LogP) is 3.57. The van der Waals surface area contributed by atoms with Crippen LogP contribution in [0.3, 0.4) is 0 Å². The van der Waals surface area contributed by atoms with Gasteiger partial charge in [-0.15, -0.1) is 11.3 Å². The van der Waals surface area contributed by atoms with E-state index < -0.39 is 11.0 Å². The highest BCUT2D eigenvalue weighted by atomic mass is 32.2. The van der Waals surface area contributed by atoms with E-state index in [1.54, 1.807) is 18.3 Å². The Morgan fingerprint density at radius 1 is 1.48 bits per heavy atom. The fourth-order valence-corrected chi connectivity index (χ4v) is 3.48. The maximum Gasteiger partial charge on any atom is 0.305 e. The lowest BCUT2D eigenvalue weighted by molar-refractivity contribution is -0.143. The number of carbonyl (C=O) groups is 1. The van der Waals surface area contributed by atoms with E-state index in [2.05, 4.69) is 4.72 Å². The van der Waals surface area contributed by atoms with Crippen LogP contribution in [0.1, 0.15) is 57.9 Å². The van der Waals surface area contributed by atoms with E-state index in [-0.39, 0.29) is 16.8 Å². The van der Waals surface area contributed by atoms with Crippen molar-refractivity contribution < 1.29 is 13.7 Å². The van der Waals surface area contributed by atoms with Gasteiger partial charge in [0, 0.05) is 11.3 Å². The van der Waals surface area contributed by atoms with Crippen LogP contribution in [0.15, 0.2) is 17.5 Å². The van der Waals surface area contributed by atoms with Crippen LogP contribution in [0.2, 0.25) is 0 Å². The van der Waals surface area contributed by atoms with Gasteiger partial charge in [-0.3, -0.25) is 4.79 Å². The van der Waals surface area contributed by atoms with E-state index in [9.17, 15) is 9.00 Å². The van der Waals surface area contributed by atoms with Crippen molar-refractivity contribution in [1.82, 2.24) is 4.72 Å². The largest absolute Gasteiger partial charge is 0.466 e. The third-order valence-corrected chi connectivity index (χ3v) is 5.47. The van der Waals surface area contributed by atoms with Crippen molar-refractivity contribution in [2.24, 2.45) is 0 Å². The van der Waals surface area contributed by atoms with Crippen molar-refractivity contribution in [3.8, 4) is 0 Å². The summed E-state index contributed by atoms with van der Waals surface area (Å²) in [5.74, 6) is -0.167. The average Bonchev–Trinajstić information content (AvgIpc) is 2.90. The third-order valence-electron chi connectivity index (χ3n) is 2.87. The highest BCUT2D eigenvalue weighted by Gasteiger charge is 2.24. The van der Waals surface area contributed by atoms with Crippen LogP contribution in [0.25, 0.3) is 0 Å². The molecule has 0 spiro atoms. The number of carbonyl (C=O) groups excluding carboxylic acids is 1. The maximum absolute atomic E-state index is 12.3. The van der Waals surface area contributed by atoms with Crippen molar-refractivity contribution in [3.05, 3.63) is 22.4 Å². The summed E-state index contributed by atoms with van der Waals surface area (Å²) in [6, 6.07) is 4.03. The number of thiophene rings is 1. The lowest BCUT2D eigenvalue weighted by atomic mass is 10.1. The van der Waals surface area contributed by atoms with Crippen LogP contribution in [0.4, 0.5) is 0 Å². The van der Waals surface area contributed by atoms with Crippen molar-refractivity contribution in [2.75, 3.05) is 6.61 Å². The number of hydrogen-bond donors (Lipinski definition) is 1. The number of esters is 1. The van der Waals surface area contributed by atoms with Gasteiger partial charge in [-0.05, 0) is 52.0 Å². The molecule has 4 nitrogen and oxygen atoms in total. The standard InChI is InChI=1S/C15H25NO3S2/c1-5-19-14(17)10-6-8-12(13-9-7-11-20-13)16-21(18)15(2,3)4/h7,9,11-12,16H,5-6,8,10H2,1-4H3/t12-,21-/m0/s1. The molecule has 1 heterocycles. The summed E-state index contributed by atoms with van der Waals surface area (Å²) in [7, 11) is -1.13. The second-order valence-corrected chi connectivity index (χ2v) is 8.74. The zero-order valence-electron chi connectivity index (χ0n) is 13.2. The SMILES string of the molecule is CCOC(=O)CCC[C@H](N[S@@](=O)C(C)(C)C)c1cccs1. The van der Waals surface area contributed by atoms with Gasteiger partial charge in [0.1, 0.15) is 0 Å². The molecule has 2 atom stereocenters. The van der Waals surface area contributed by atoms with Gasteiger partial charge in [0.2, 0.25) is 0 Å². The number of rotatable bonds is 8. The van der Waals surface area contributed by atoms with Crippen LogP contribution in [0.5, 0.6) is 0 Å². The van der Waals surface area contributed by atoms with Gasteiger partial charge >= 0.3 is 5.97 Å². The van der Waals surface area contributed by atoms with E-state index in [1.165, 1.54) is 0 Å². The Hall–Kier alpha value is -0.720. The summed E-state index contributed by atoms with van der Waals surface area (Å²) in [5.41, 5.74) is 0. The van der Waals surface area contributed by atoms with Crippen LogP contribution >= 0.6 is 11.3 Å². The Kier molecular flexibility index (Phi) is 7.56. The van der Waals surface area contributed by atoms with E-state index >= 15 is 0 Å². The molecule has 6 heteroatoms. The summed E-state index contributed by atoms with van der Waals surface area (Å²) in [5, 5.41) is 2.01. The van der Waals surface area contributed by atoms with Gasteiger partial charge in [-0.2, -0.15) is 0 Å². The first kappa shape index (κ1) is 18.3. The summed E-state index contributed by atoms with van der Waals surface area (Å²) in [6.45, 7) is 8.06. The van der Waals surface area contributed by atoms with Crippen LogP contribution in [0, 0.1) is 0 Å². The predicted molar refractivity (Wildman–Crippen MR) is 88.6 cm³/mol. The van der Waals surface area contributed by atoms with Gasteiger partial charge in [-0.1, -0.05) is 6.07 Å².